The fourth-order valence-electron chi connectivity index (χ4n) is 2.87. The fraction of sp³-hybridized carbons (Fsp3) is 0.125. The first kappa shape index (κ1) is 19.2. The van der Waals surface area contributed by atoms with Gasteiger partial charge in [-0.1, -0.05) is 54.6 Å². The number of nitrogens with one attached hydrogen (secondary N) is 1. The van der Waals surface area contributed by atoms with E-state index in [0.717, 1.165) is 22.4 Å². The van der Waals surface area contributed by atoms with Crippen molar-refractivity contribution in [2.24, 2.45) is 0 Å². The van der Waals surface area contributed by atoms with E-state index in [2.05, 4.69) is 5.32 Å². The summed E-state index contributed by atoms with van der Waals surface area (Å²) in [5.41, 5.74) is 3.66. The van der Waals surface area contributed by atoms with Crippen molar-refractivity contribution in [3.63, 3.8) is 0 Å². The molecule has 3 aromatic carbocycles. The first-order chi connectivity index (χ1) is 13.7. The Kier molecular flexibility index (Phi) is 6.47. The van der Waals surface area contributed by atoms with Crippen LogP contribution in [0, 0.1) is 0 Å². The zero-order chi connectivity index (χ0) is 19.8. The lowest BCUT2D eigenvalue weighted by Gasteiger charge is -2.10. The van der Waals surface area contributed by atoms with Gasteiger partial charge in [0.15, 0.2) is 11.5 Å². The number of hydrogen-bond donors (Lipinski definition) is 1. The molecule has 3 aromatic rings. The molecule has 0 aliphatic carbocycles. The Bertz CT molecular complexity index is 965. The van der Waals surface area contributed by atoms with Gasteiger partial charge in [0.05, 0.1) is 13.7 Å². The lowest BCUT2D eigenvalue weighted by Crippen LogP contribution is -2.08. The predicted molar refractivity (Wildman–Crippen MR) is 114 cm³/mol. The Morgan fingerprint density at radius 1 is 0.964 bits per heavy atom. The molecule has 0 fully saturated rings. The van der Waals surface area contributed by atoms with Gasteiger partial charge in [-0.2, -0.15) is 0 Å². The second kappa shape index (κ2) is 9.42. The van der Waals surface area contributed by atoms with Gasteiger partial charge >= 0.3 is 0 Å². The van der Waals surface area contributed by atoms with Gasteiger partial charge in [-0.15, -0.1) is 0 Å². The van der Waals surface area contributed by atoms with E-state index in [1.807, 2.05) is 79.7 Å². The summed E-state index contributed by atoms with van der Waals surface area (Å²) in [5, 5.41) is 2.96. The lowest BCUT2D eigenvalue weighted by atomic mass is 10.0. The topological polar surface area (TPSA) is 47.6 Å². The van der Waals surface area contributed by atoms with Crippen molar-refractivity contribution >= 4 is 17.7 Å². The third kappa shape index (κ3) is 4.80. The molecule has 0 aliphatic rings. The Morgan fingerprint density at radius 3 is 2.46 bits per heavy atom. The molecule has 3 rings (SSSR count). The Morgan fingerprint density at radius 2 is 1.71 bits per heavy atom. The van der Waals surface area contributed by atoms with E-state index < -0.39 is 0 Å². The van der Waals surface area contributed by atoms with Crippen molar-refractivity contribution in [3.05, 3.63) is 84.4 Å². The minimum Gasteiger partial charge on any atom is -0.493 e. The number of ether oxygens (including phenoxy) is 2. The van der Waals surface area contributed by atoms with Gasteiger partial charge in [0.1, 0.15) is 0 Å². The van der Waals surface area contributed by atoms with Gasteiger partial charge in [-0.05, 0) is 42.3 Å². The van der Waals surface area contributed by atoms with E-state index in [1.165, 1.54) is 6.08 Å². The number of methoxy groups -OCH3 is 1. The molecule has 0 spiro atoms. The zero-order valence-electron chi connectivity index (χ0n) is 16.0. The molecule has 4 nitrogen and oxygen atoms in total. The van der Waals surface area contributed by atoms with Gasteiger partial charge in [-0.25, -0.2) is 0 Å². The van der Waals surface area contributed by atoms with Gasteiger partial charge in [-0.3, -0.25) is 4.79 Å². The monoisotopic (exact) mass is 373 g/mol. The molecule has 4 heteroatoms. The summed E-state index contributed by atoms with van der Waals surface area (Å²) in [6, 6.07) is 23.3. The first-order valence-electron chi connectivity index (χ1n) is 9.15. The van der Waals surface area contributed by atoms with Crippen LogP contribution in [0.4, 0.5) is 5.69 Å². The molecule has 0 atom stereocenters. The molecule has 0 saturated heterocycles. The van der Waals surface area contributed by atoms with Crippen LogP contribution in [0.2, 0.25) is 0 Å². The summed E-state index contributed by atoms with van der Waals surface area (Å²) in [7, 11) is 1.60. The smallest absolute Gasteiger partial charge is 0.248 e. The normalized spacial score (nSPS) is 10.6. The minimum atomic E-state index is -0.197. The number of carbonyl (C=O) groups excluding carboxylic acids is 1. The molecule has 0 bridgehead atoms. The van der Waals surface area contributed by atoms with Crippen LogP contribution in [0.15, 0.2) is 78.9 Å². The minimum absolute atomic E-state index is 0.197. The highest BCUT2D eigenvalue weighted by atomic mass is 16.5. The van der Waals surface area contributed by atoms with Gasteiger partial charge in [0, 0.05) is 17.3 Å². The van der Waals surface area contributed by atoms with E-state index in [1.54, 1.807) is 13.2 Å². The molecule has 0 heterocycles. The second-order valence-corrected chi connectivity index (χ2v) is 6.08. The molecule has 142 valence electrons. The van der Waals surface area contributed by atoms with Gasteiger partial charge in [0.2, 0.25) is 5.91 Å². The number of hydrogen-bond acceptors (Lipinski definition) is 3. The van der Waals surface area contributed by atoms with Crippen molar-refractivity contribution in [1.29, 1.82) is 0 Å². The standard InChI is InChI=1S/C24H23NO3/c1-3-28-23-17-18(13-15-22(23)27-2)14-16-24(26)25-21-12-8-7-11-20(21)19-9-5-4-6-10-19/h4-17H,3H2,1-2H3,(H,25,26)/b16-14+. The molecule has 0 unspecified atom stereocenters. The largest absolute Gasteiger partial charge is 0.493 e. The van der Waals surface area contributed by atoms with Crippen molar-refractivity contribution in [2.75, 3.05) is 19.0 Å². The van der Waals surface area contributed by atoms with Crippen LogP contribution in [-0.4, -0.2) is 19.6 Å². The second-order valence-electron chi connectivity index (χ2n) is 6.08. The number of rotatable bonds is 7. The molecule has 1 N–H and O–H groups in total. The van der Waals surface area contributed by atoms with E-state index >= 15 is 0 Å². The van der Waals surface area contributed by atoms with E-state index in [-0.39, 0.29) is 5.91 Å². The third-order valence-electron chi connectivity index (χ3n) is 4.18. The highest BCUT2D eigenvalue weighted by Gasteiger charge is 2.07. The maximum Gasteiger partial charge on any atom is 0.248 e. The van der Waals surface area contributed by atoms with Crippen LogP contribution < -0.4 is 14.8 Å². The SMILES string of the molecule is CCOc1cc(/C=C/C(=O)Nc2ccccc2-c2ccccc2)ccc1OC. The van der Waals surface area contributed by atoms with E-state index in [4.69, 9.17) is 9.47 Å². The number of para-hydroxylation sites is 1. The third-order valence-corrected chi connectivity index (χ3v) is 4.18. The lowest BCUT2D eigenvalue weighted by molar-refractivity contribution is -0.111. The molecular formula is C24H23NO3. The van der Waals surface area contributed by atoms with Gasteiger partial charge < -0.3 is 14.8 Å². The van der Waals surface area contributed by atoms with Crippen molar-refractivity contribution < 1.29 is 14.3 Å². The summed E-state index contributed by atoms with van der Waals surface area (Å²) >= 11 is 0. The average Bonchev–Trinajstić information content (AvgIpc) is 2.74. The molecule has 0 aliphatic heterocycles. The van der Waals surface area contributed by atoms with Crippen LogP contribution in [-0.2, 0) is 4.79 Å². The number of anilines is 1. The maximum atomic E-state index is 12.4. The molecule has 28 heavy (non-hydrogen) atoms. The highest BCUT2D eigenvalue weighted by molar-refractivity contribution is 6.04. The summed E-state index contributed by atoms with van der Waals surface area (Å²) in [4.78, 5) is 12.4. The molecule has 0 aromatic heterocycles. The van der Waals surface area contributed by atoms with Crippen LogP contribution in [0.25, 0.3) is 17.2 Å². The summed E-state index contributed by atoms with van der Waals surface area (Å²) in [6.07, 6.45) is 3.27. The quantitative estimate of drug-likeness (QED) is 0.563. The zero-order valence-corrected chi connectivity index (χ0v) is 16.0. The molecule has 1 amide bonds. The van der Waals surface area contributed by atoms with Crippen LogP contribution in [0.3, 0.4) is 0 Å². The first-order valence-corrected chi connectivity index (χ1v) is 9.15. The van der Waals surface area contributed by atoms with Crippen molar-refractivity contribution in [2.45, 2.75) is 6.92 Å². The number of benzene rings is 3. The Balaban J connectivity index is 1.76. The van der Waals surface area contributed by atoms with E-state index in [9.17, 15) is 4.79 Å². The summed E-state index contributed by atoms with van der Waals surface area (Å²) in [6.45, 7) is 2.46. The molecule has 0 radical (unpaired) electrons. The van der Waals surface area contributed by atoms with Gasteiger partial charge in [0.25, 0.3) is 0 Å². The fourth-order valence-corrected chi connectivity index (χ4v) is 2.87. The number of carbonyl (C=O) groups is 1. The van der Waals surface area contributed by atoms with E-state index in [0.29, 0.717) is 18.1 Å². The Labute approximate surface area is 165 Å². The van der Waals surface area contributed by atoms with Crippen molar-refractivity contribution in [3.8, 4) is 22.6 Å². The Hall–Kier alpha value is -3.53. The molecule has 0 saturated carbocycles. The highest BCUT2D eigenvalue weighted by Crippen LogP contribution is 2.29. The number of amides is 1. The summed E-state index contributed by atoms with van der Waals surface area (Å²) in [5.74, 6) is 1.12. The van der Waals surface area contributed by atoms with Crippen molar-refractivity contribution in [1.82, 2.24) is 0 Å². The molecular weight excluding hydrogens is 350 g/mol. The average molecular weight is 373 g/mol. The maximum absolute atomic E-state index is 12.4. The van der Waals surface area contributed by atoms with Crippen LogP contribution in [0.5, 0.6) is 11.5 Å². The van der Waals surface area contributed by atoms with Crippen LogP contribution >= 0.6 is 0 Å². The van der Waals surface area contributed by atoms with Crippen LogP contribution in [0.1, 0.15) is 12.5 Å². The summed E-state index contributed by atoms with van der Waals surface area (Å²) < 4.78 is 10.9. The predicted octanol–water partition coefficient (Wildman–Crippen LogP) is 5.41.